The van der Waals surface area contributed by atoms with Crippen molar-refractivity contribution >= 4 is 185 Å². The van der Waals surface area contributed by atoms with Gasteiger partial charge in [-0.25, -0.2) is 39.1 Å². The van der Waals surface area contributed by atoms with Crippen LogP contribution in [0.4, 0.5) is 41.9 Å². The predicted molar refractivity (Wildman–Crippen MR) is 581 cm³/mol. The minimum Gasteiger partial charge on any atom is -0.478 e. The third-order valence-corrected chi connectivity index (χ3v) is 23.7. The summed E-state index contributed by atoms with van der Waals surface area (Å²) in [6.45, 7) is 37.6. The largest absolute Gasteiger partial charge is 0.478 e. The molecule has 0 saturated carbocycles. The molecule has 4 aliphatic heterocycles. The van der Waals surface area contributed by atoms with Gasteiger partial charge in [-0.05, 0) is 200 Å². The Morgan fingerprint density at radius 2 is 0.655 bits per heavy atom. The summed E-state index contributed by atoms with van der Waals surface area (Å²) in [4.78, 5) is 137. The van der Waals surface area contributed by atoms with Gasteiger partial charge < -0.3 is 64.4 Å². The third-order valence-electron chi connectivity index (χ3n) is 23.3. The van der Waals surface area contributed by atoms with Crippen LogP contribution >= 0.6 is 48.8 Å². The maximum Gasteiger partial charge on any atom is 0.410 e. The maximum absolute atomic E-state index is 13.4. The number of aromatic nitrogens is 12. The number of piperazine rings is 4. The molecule has 0 aliphatic carbocycles. The van der Waals surface area contributed by atoms with E-state index in [1.165, 1.54) is 4.90 Å². The lowest BCUT2D eigenvalue weighted by molar-refractivity contribution is -0.131. The molecule has 12 aromatic rings. The Morgan fingerprint density at radius 3 is 0.938 bits per heavy atom. The van der Waals surface area contributed by atoms with Crippen LogP contribution < -0.4 is 25.3 Å². The molecule has 0 unspecified atom stereocenters. The molecule has 4 aromatic carbocycles. The number of anilines is 4. The van der Waals surface area contributed by atoms with Crippen LogP contribution in [-0.4, -0.2) is 354 Å². The number of carbonyl (C=O) groups excluding carboxylic acids is 7. The van der Waals surface area contributed by atoms with E-state index in [0.29, 0.717) is 86.2 Å². The van der Waals surface area contributed by atoms with Crippen molar-refractivity contribution in [3.05, 3.63) is 242 Å². The average molecular weight is 2070 g/mol. The highest BCUT2D eigenvalue weighted by molar-refractivity contribution is 6.62. The lowest BCUT2D eigenvalue weighted by Crippen LogP contribution is -2.52. The number of aliphatic carboxylic acids is 1. The molecule has 12 heterocycles. The lowest BCUT2D eigenvalue weighted by Gasteiger charge is -2.36. The van der Waals surface area contributed by atoms with E-state index >= 15 is 0 Å². The number of ether oxygens (including phenoxy) is 2. The van der Waals surface area contributed by atoms with Crippen LogP contribution in [0, 0.1) is 0 Å². The van der Waals surface area contributed by atoms with Gasteiger partial charge in [-0.2, -0.15) is 20.4 Å². The van der Waals surface area contributed by atoms with E-state index in [9.17, 15) is 38.4 Å². The topological polar surface area (TPSA) is 404 Å². The SMILES string of the molecule is C/C(=C\C(=O)N(CCN1CCN(C(=O)N(C)C)CC1)c1ccccc1)c1[nH]nc2ncccc12.C/C(=C\C(=O)N(CCN1CCN(C(=O)OC(C)(C)C)CC1)c1ccccc1)c1[nH]nc2ncccc12.C/C(=C\C(=O)N(CCN1CCNCC1)c1ccccc1)c1[nH]nc2ncccc12.C/C(=C\C(=O)O)c1[nH]nc2ncccc12.CC(C)(C)OC(=O)N1CCN(CCNc2ccccc2)CC1.CN(C)C(=O)Cl.Cl.Cl.Cl. The van der Waals surface area contributed by atoms with E-state index in [4.69, 9.17) is 26.2 Å². The zero-order valence-electron chi connectivity index (χ0n) is 84.8. The molecule has 8 aromatic heterocycles. The molecular weight excluding hydrogens is 1930 g/mol. The van der Waals surface area contributed by atoms with Gasteiger partial charge in [0.05, 0.1) is 22.8 Å². The lowest BCUT2D eigenvalue weighted by atomic mass is 10.1. The van der Waals surface area contributed by atoms with Gasteiger partial charge in [-0.3, -0.25) is 59.2 Å². The van der Waals surface area contributed by atoms with Gasteiger partial charge in [0, 0.05) is 279 Å². The normalized spacial score (nSPS) is 14.4. The number of rotatable bonds is 24. The first kappa shape index (κ1) is 116. The van der Waals surface area contributed by atoms with E-state index in [1.54, 1.807) is 109 Å². The standard InChI is InChI=1S/C27H34N6O3.C25H31N7O2.C22H26N6O.C17H27N3O2.C10H9N3O2.C3H6ClNO.3ClH/c1-20(24-22-11-8-12-28-25(22)30-29-24)19-23(34)33(21-9-6-5-7-10-21)18-15-31-13-16-32(17-14-31)26(35)36-27(2,3)4;1-19(23-21-10-7-11-26-24(21)28-27-23)18-22(33)32(20-8-5-4-6-9-20)17-14-30-12-15-31(16-13-30)25(34)29(2)3;1-17(21-19-8-5-9-24-22(19)26-25-21)16-20(29)28(18-6-3-2-4-7-18)15-14-27-12-10-23-11-13-27;1-17(2,3)22-16(21)20-13-11-19(12-14-20)10-9-18-15-7-5-4-6-8-15;1-6(5-8(14)15)9-7-3-2-4-11-10(7)13-12-9;1-5(2)3(4)6;;;/h5-12,19H,13-18H2,1-4H3,(H,28,29,30);4-11,18H,12-17H2,1-3H3,(H,26,27,28);2-9,16,23H,10-15H2,1H3,(H,24,25,26);4-8,18H,9-14H2,1-3H3;2-5H,1H3,(H,14,15)(H,11,12,13);1-2H3;3*1H/b20-19+;19-18+;17-16+;;6-5+;;;;. The number of allylic oxidation sites excluding steroid dienone is 4. The fourth-order valence-corrected chi connectivity index (χ4v) is 15.8. The number of H-pyrrole nitrogens is 4. The Kier molecular flexibility index (Phi) is 46.3. The van der Waals surface area contributed by atoms with Crippen LogP contribution in [0.25, 0.3) is 66.4 Å². The molecule has 41 heteroatoms. The van der Waals surface area contributed by atoms with Crippen molar-refractivity contribution in [1.29, 1.82) is 0 Å². The summed E-state index contributed by atoms with van der Waals surface area (Å²) >= 11 is 4.90. The summed E-state index contributed by atoms with van der Waals surface area (Å²) in [5, 5.41) is 47.0. The van der Waals surface area contributed by atoms with Gasteiger partial charge in [-0.1, -0.05) is 72.8 Å². The first-order valence-corrected chi connectivity index (χ1v) is 47.9. The molecule has 7 N–H and O–H groups in total. The van der Waals surface area contributed by atoms with Crippen LogP contribution in [0.2, 0.25) is 0 Å². The molecule has 776 valence electrons. The fraction of sp³-hybridized carbons (Fsp3) is 0.385. The molecule has 4 aliphatic rings. The van der Waals surface area contributed by atoms with Gasteiger partial charge in [0.15, 0.2) is 22.6 Å². The van der Waals surface area contributed by atoms with Crippen LogP contribution in [0.1, 0.15) is 92.0 Å². The number of aromatic amines is 4. The number of carboxylic acid groups (broad SMARTS) is 1. The first-order chi connectivity index (χ1) is 68.1. The van der Waals surface area contributed by atoms with Gasteiger partial charge in [0.2, 0.25) is 0 Å². The number of fused-ring (bicyclic) bond motifs is 4. The Morgan fingerprint density at radius 1 is 0.379 bits per heavy atom. The first-order valence-electron chi connectivity index (χ1n) is 47.6. The summed E-state index contributed by atoms with van der Waals surface area (Å²) < 4.78 is 10.9. The summed E-state index contributed by atoms with van der Waals surface area (Å²) in [6, 6.07) is 54.6. The molecule has 145 heavy (non-hydrogen) atoms. The number of hydrogen-bond acceptors (Lipinski definition) is 24. The minimum absolute atomic E-state index is 0. The third kappa shape index (κ3) is 36.2. The summed E-state index contributed by atoms with van der Waals surface area (Å²) in [7, 11) is 6.73. The quantitative estimate of drug-likeness (QED) is 0.0168. The molecule has 4 fully saturated rings. The zero-order valence-corrected chi connectivity index (χ0v) is 88.0. The summed E-state index contributed by atoms with van der Waals surface area (Å²) in [6.07, 6.45) is 12.4. The van der Waals surface area contributed by atoms with Crippen molar-refractivity contribution in [2.75, 3.05) is 205 Å². The number of benzene rings is 4. The molecule has 8 amide bonds. The van der Waals surface area contributed by atoms with Crippen LogP contribution in [0.15, 0.2) is 219 Å². The highest BCUT2D eigenvalue weighted by atomic mass is 35.5. The van der Waals surface area contributed by atoms with E-state index in [-0.39, 0.29) is 73.2 Å². The van der Waals surface area contributed by atoms with Crippen molar-refractivity contribution in [3.8, 4) is 0 Å². The predicted octanol–water partition coefficient (Wildman–Crippen LogP) is 15.2. The number of pyridine rings is 4. The molecule has 0 radical (unpaired) electrons. The van der Waals surface area contributed by atoms with E-state index in [0.717, 1.165) is 189 Å². The van der Waals surface area contributed by atoms with E-state index in [1.807, 2.05) is 224 Å². The Labute approximate surface area is 870 Å². The second-order valence-electron chi connectivity index (χ2n) is 36.7. The van der Waals surface area contributed by atoms with E-state index in [2.05, 4.69) is 103 Å². The summed E-state index contributed by atoms with van der Waals surface area (Å²) in [5.41, 5.74) is 11.5. The summed E-state index contributed by atoms with van der Waals surface area (Å²) in [5.74, 6) is -1.19. The maximum atomic E-state index is 13.4. The number of amides is 8. The number of urea groups is 1. The minimum atomic E-state index is -0.973. The number of halogens is 4. The fourth-order valence-electron chi connectivity index (χ4n) is 15.8. The highest BCUT2D eigenvalue weighted by Gasteiger charge is 2.31. The van der Waals surface area contributed by atoms with Crippen molar-refractivity contribution < 1.29 is 52.9 Å². The smallest absolute Gasteiger partial charge is 0.410 e. The van der Waals surface area contributed by atoms with Crippen molar-refractivity contribution in [2.45, 2.75) is 80.4 Å². The van der Waals surface area contributed by atoms with Crippen LogP contribution in [0.3, 0.4) is 0 Å². The Balaban J connectivity index is 0.000000222. The molecule has 0 spiro atoms. The molecule has 0 atom stereocenters. The zero-order chi connectivity index (χ0) is 102. The molecule has 16 rings (SSSR count). The number of para-hydroxylation sites is 4. The average Bonchev–Trinajstić information content (AvgIpc) is 1.66. The molecular formula is C104H136Cl4N26O11. The van der Waals surface area contributed by atoms with Crippen LogP contribution in [-0.2, 0) is 28.7 Å². The van der Waals surface area contributed by atoms with Crippen molar-refractivity contribution in [2.24, 2.45) is 0 Å². The van der Waals surface area contributed by atoms with Gasteiger partial charge >= 0.3 is 29.6 Å². The number of nitrogens with zero attached hydrogens (tertiary/aromatic N) is 20. The van der Waals surface area contributed by atoms with Crippen molar-refractivity contribution in [3.63, 3.8) is 0 Å². The number of carbonyl (C=O) groups is 8. The highest BCUT2D eigenvalue weighted by Crippen LogP contribution is 2.29. The van der Waals surface area contributed by atoms with Gasteiger partial charge in [0.1, 0.15) is 11.2 Å². The molecule has 4 saturated heterocycles. The second-order valence-corrected chi connectivity index (χ2v) is 37.0. The second kappa shape index (κ2) is 57.7. The monoisotopic (exact) mass is 2060 g/mol. The Hall–Kier alpha value is -13.8. The van der Waals surface area contributed by atoms with Gasteiger partial charge in [0.25, 0.3) is 17.7 Å². The number of nitrogens with one attached hydrogen (secondary N) is 6. The number of hydrogen-bond donors (Lipinski definition) is 7. The number of carboxylic acids is 1. The van der Waals surface area contributed by atoms with Crippen LogP contribution in [0.5, 0.6) is 0 Å². The van der Waals surface area contributed by atoms with Crippen molar-refractivity contribution in [1.82, 2.24) is 110 Å². The van der Waals surface area contributed by atoms with E-state index < -0.39 is 22.5 Å². The van der Waals surface area contributed by atoms with Gasteiger partial charge in [-0.15, -0.1) is 37.2 Å². The molecule has 0 bridgehead atoms. The molecule has 37 nitrogen and oxygen atoms in total. The Bertz CT molecular complexity index is 6240.